The van der Waals surface area contributed by atoms with Crippen molar-refractivity contribution in [1.29, 1.82) is 0 Å². The summed E-state index contributed by atoms with van der Waals surface area (Å²) in [6, 6.07) is 12.2. The van der Waals surface area contributed by atoms with Gasteiger partial charge in [-0.25, -0.2) is 4.98 Å². The van der Waals surface area contributed by atoms with E-state index >= 15 is 0 Å². The van der Waals surface area contributed by atoms with E-state index in [-0.39, 0.29) is 0 Å². The van der Waals surface area contributed by atoms with Crippen molar-refractivity contribution < 1.29 is 0 Å². The lowest BCUT2D eigenvalue weighted by molar-refractivity contribution is 1.40. The summed E-state index contributed by atoms with van der Waals surface area (Å²) in [6.45, 7) is 0. The van der Waals surface area contributed by atoms with Crippen LogP contribution in [-0.4, -0.2) is 15.0 Å². The minimum absolute atomic E-state index is 0.954. The van der Waals surface area contributed by atoms with Gasteiger partial charge >= 0.3 is 0 Å². The molecule has 0 atom stereocenters. The highest BCUT2D eigenvalue weighted by Crippen LogP contribution is 2.25. The number of nitrogens with one attached hydrogen (secondary N) is 1. The minimum atomic E-state index is 0.954. The molecule has 4 aromatic rings. The van der Waals surface area contributed by atoms with Gasteiger partial charge in [0.05, 0.1) is 27.6 Å². The molecule has 86 valence electrons. The molecule has 0 aliphatic carbocycles. The maximum Gasteiger partial charge on any atom is 0.0894 e. The summed E-state index contributed by atoms with van der Waals surface area (Å²) in [5.74, 6) is 0. The van der Waals surface area contributed by atoms with Crippen molar-refractivity contribution in [2.75, 3.05) is 0 Å². The monoisotopic (exact) mass is 345 g/mol. The highest BCUT2D eigenvalue weighted by molar-refractivity contribution is 14.1. The Kier molecular flexibility index (Phi) is 2.08. The lowest BCUT2D eigenvalue weighted by Crippen LogP contribution is -1.87. The maximum atomic E-state index is 4.66. The number of rotatable bonds is 0. The standard InChI is InChI=1S/C14H8IN3/c15-9-7-16-12-6-14-13(5-8(9)12)17-10-3-1-2-4-11(10)18-14/h1-7,17H. The summed E-state index contributed by atoms with van der Waals surface area (Å²) in [5, 5.41) is 1.18. The van der Waals surface area contributed by atoms with Crippen LogP contribution in [0.25, 0.3) is 33.0 Å². The third-order valence-corrected chi connectivity index (χ3v) is 3.96. The number of aromatic nitrogens is 3. The van der Waals surface area contributed by atoms with Gasteiger partial charge in [0.25, 0.3) is 0 Å². The number of nitrogens with zero attached hydrogens (tertiary/aromatic N) is 2. The van der Waals surface area contributed by atoms with E-state index in [1.807, 2.05) is 36.5 Å². The molecular formula is C14H8IN3. The zero-order valence-electron chi connectivity index (χ0n) is 9.31. The number of hydrogen-bond donors (Lipinski definition) is 1. The largest absolute Gasteiger partial charge is 0.352 e. The van der Waals surface area contributed by atoms with E-state index in [4.69, 9.17) is 0 Å². The summed E-state index contributed by atoms with van der Waals surface area (Å²) >= 11 is 2.31. The quantitative estimate of drug-likeness (QED) is 0.388. The fourth-order valence-corrected chi connectivity index (χ4v) is 2.79. The van der Waals surface area contributed by atoms with Crippen molar-refractivity contribution >= 4 is 55.6 Å². The molecule has 0 aliphatic rings. The average Bonchev–Trinajstić information content (AvgIpc) is 2.75. The second-order valence-electron chi connectivity index (χ2n) is 4.25. The fraction of sp³-hybridized carbons (Fsp3) is 0. The molecule has 0 saturated carbocycles. The van der Waals surface area contributed by atoms with Crippen LogP contribution in [0.2, 0.25) is 0 Å². The molecule has 1 N–H and O–H groups in total. The van der Waals surface area contributed by atoms with Crippen molar-refractivity contribution in [3.63, 3.8) is 0 Å². The van der Waals surface area contributed by atoms with Gasteiger partial charge in [-0.1, -0.05) is 12.1 Å². The lowest BCUT2D eigenvalue weighted by Gasteiger charge is -2.02. The molecule has 0 radical (unpaired) electrons. The van der Waals surface area contributed by atoms with Crippen LogP contribution in [0.4, 0.5) is 0 Å². The first-order valence-corrected chi connectivity index (χ1v) is 6.72. The average molecular weight is 345 g/mol. The SMILES string of the molecule is Ic1cnc2cc3nc4ccccc4[nH]c3cc12. The summed E-state index contributed by atoms with van der Waals surface area (Å²) in [5.41, 5.74) is 5.04. The van der Waals surface area contributed by atoms with Crippen LogP contribution in [-0.2, 0) is 0 Å². The molecule has 2 heterocycles. The third-order valence-electron chi connectivity index (χ3n) is 3.10. The molecule has 0 amide bonds. The molecule has 0 unspecified atom stereocenters. The van der Waals surface area contributed by atoms with Gasteiger partial charge in [0.15, 0.2) is 0 Å². The first-order valence-electron chi connectivity index (χ1n) is 5.64. The van der Waals surface area contributed by atoms with E-state index in [2.05, 4.69) is 43.6 Å². The first-order chi connectivity index (χ1) is 8.81. The summed E-state index contributed by atoms with van der Waals surface area (Å²) in [6.07, 6.45) is 1.89. The number of fused-ring (bicyclic) bond motifs is 3. The highest BCUT2D eigenvalue weighted by atomic mass is 127. The second-order valence-corrected chi connectivity index (χ2v) is 5.41. The summed E-state index contributed by atoms with van der Waals surface area (Å²) < 4.78 is 1.17. The van der Waals surface area contributed by atoms with E-state index in [1.165, 1.54) is 8.96 Å². The number of benzene rings is 2. The molecule has 0 aliphatic heterocycles. The van der Waals surface area contributed by atoms with Crippen LogP contribution in [0, 0.1) is 3.57 Å². The predicted octanol–water partition coefficient (Wildman–Crippen LogP) is 3.87. The number of aromatic amines is 1. The van der Waals surface area contributed by atoms with Crippen LogP contribution < -0.4 is 0 Å². The topological polar surface area (TPSA) is 41.6 Å². The van der Waals surface area contributed by atoms with E-state index in [1.54, 1.807) is 0 Å². The Morgan fingerprint density at radius 3 is 2.78 bits per heavy atom. The zero-order chi connectivity index (χ0) is 12.1. The van der Waals surface area contributed by atoms with Crippen molar-refractivity contribution in [2.24, 2.45) is 0 Å². The predicted molar refractivity (Wildman–Crippen MR) is 81.6 cm³/mol. The molecule has 0 fully saturated rings. The summed E-state index contributed by atoms with van der Waals surface area (Å²) in [7, 11) is 0. The van der Waals surface area contributed by atoms with Crippen LogP contribution in [0.15, 0.2) is 42.6 Å². The summed E-state index contributed by atoms with van der Waals surface area (Å²) in [4.78, 5) is 12.5. The normalized spacial score (nSPS) is 11.6. The molecular weight excluding hydrogens is 337 g/mol. The van der Waals surface area contributed by atoms with Crippen LogP contribution in [0.3, 0.4) is 0 Å². The van der Waals surface area contributed by atoms with E-state index in [9.17, 15) is 0 Å². The Bertz CT molecular complexity index is 895. The van der Waals surface area contributed by atoms with Gasteiger partial charge in [-0.15, -0.1) is 0 Å². The lowest BCUT2D eigenvalue weighted by atomic mass is 10.2. The van der Waals surface area contributed by atoms with E-state index in [0.717, 1.165) is 27.6 Å². The van der Waals surface area contributed by atoms with Gasteiger partial charge < -0.3 is 4.98 Å². The second kappa shape index (κ2) is 3.65. The molecule has 3 nitrogen and oxygen atoms in total. The third kappa shape index (κ3) is 1.42. The Hall–Kier alpha value is -1.69. The number of hydrogen-bond acceptors (Lipinski definition) is 2. The van der Waals surface area contributed by atoms with Crippen molar-refractivity contribution in [3.05, 3.63) is 46.2 Å². The first kappa shape index (κ1) is 10.3. The van der Waals surface area contributed by atoms with Crippen molar-refractivity contribution in [2.45, 2.75) is 0 Å². The fourth-order valence-electron chi connectivity index (χ4n) is 2.22. The molecule has 0 bridgehead atoms. The van der Waals surface area contributed by atoms with Crippen LogP contribution >= 0.6 is 22.6 Å². The Morgan fingerprint density at radius 1 is 0.944 bits per heavy atom. The van der Waals surface area contributed by atoms with Crippen molar-refractivity contribution in [1.82, 2.24) is 15.0 Å². The molecule has 2 aromatic heterocycles. The molecule has 18 heavy (non-hydrogen) atoms. The molecule has 0 spiro atoms. The molecule has 0 saturated heterocycles. The van der Waals surface area contributed by atoms with Crippen molar-refractivity contribution in [3.8, 4) is 0 Å². The van der Waals surface area contributed by atoms with Gasteiger partial charge in [0.2, 0.25) is 0 Å². The number of para-hydroxylation sites is 2. The molecule has 2 aromatic carbocycles. The van der Waals surface area contributed by atoms with Gasteiger partial charge in [0, 0.05) is 15.2 Å². The maximum absolute atomic E-state index is 4.66. The Morgan fingerprint density at radius 2 is 1.83 bits per heavy atom. The molecule has 4 heteroatoms. The number of halogens is 1. The Labute approximate surface area is 116 Å². The number of H-pyrrole nitrogens is 1. The van der Waals surface area contributed by atoms with E-state index < -0.39 is 0 Å². The highest BCUT2D eigenvalue weighted by Gasteiger charge is 2.06. The van der Waals surface area contributed by atoms with E-state index in [0.29, 0.717) is 0 Å². The van der Waals surface area contributed by atoms with Gasteiger partial charge in [-0.2, -0.15) is 0 Å². The van der Waals surface area contributed by atoms with Crippen LogP contribution in [0.1, 0.15) is 0 Å². The zero-order valence-corrected chi connectivity index (χ0v) is 11.5. The Balaban J connectivity index is 2.21. The van der Waals surface area contributed by atoms with Crippen LogP contribution in [0.5, 0.6) is 0 Å². The van der Waals surface area contributed by atoms with Gasteiger partial charge in [-0.3, -0.25) is 4.98 Å². The van der Waals surface area contributed by atoms with Gasteiger partial charge in [-0.05, 0) is 46.9 Å². The van der Waals surface area contributed by atoms with Gasteiger partial charge in [0.1, 0.15) is 0 Å². The smallest absolute Gasteiger partial charge is 0.0894 e. The molecule has 4 rings (SSSR count). The minimum Gasteiger partial charge on any atom is -0.352 e.